The number of nitrogens with zero attached hydrogens (tertiary/aromatic N) is 3. The molecule has 3 rings (SSSR count). The molecule has 1 aliphatic rings. The number of rotatable bonds is 4. The number of benzene rings is 1. The minimum atomic E-state index is -0.184. The van der Waals surface area contributed by atoms with Crippen LogP contribution in [-0.2, 0) is 23.6 Å². The fourth-order valence-electron chi connectivity index (χ4n) is 3.46. The molecule has 2 aromatic rings. The Bertz CT molecular complexity index is 709. The van der Waals surface area contributed by atoms with Crippen LogP contribution in [0.4, 0.5) is 5.82 Å². The van der Waals surface area contributed by atoms with E-state index in [-0.39, 0.29) is 12.0 Å². The zero-order valence-corrected chi connectivity index (χ0v) is 14.7. The Morgan fingerprint density at radius 1 is 1.29 bits per heavy atom. The number of ether oxygens (including phenoxy) is 1. The molecule has 1 fully saturated rings. The van der Waals surface area contributed by atoms with Gasteiger partial charge >= 0.3 is 5.97 Å². The Hall–Kier alpha value is -2.30. The average molecular weight is 328 g/mol. The van der Waals surface area contributed by atoms with Gasteiger partial charge in [-0.3, -0.25) is 0 Å². The summed E-state index contributed by atoms with van der Waals surface area (Å²) in [5, 5.41) is 0. The Balaban J connectivity index is 1.97. The number of aromatic nitrogens is 2. The van der Waals surface area contributed by atoms with Crippen molar-refractivity contribution < 1.29 is 14.2 Å². The fraction of sp³-hybridized carbons (Fsp3) is 0.474. The van der Waals surface area contributed by atoms with Crippen LogP contribution < -0.4 is 9.58 Å². The average Bonchev–Trinajstić information content (AvgIpc) is 2.91. The highest BCUT2D eigenvalue weighted by Gasteiger charge is 2.38. The number of carbonyl (C=O) groups is 1. The fourth-order valence-corrected chi connectivity index (χ4v) is 3.46. The zero-order valence-electron chi connectivity index (χ0n) is 14.7. The summed E-state index contributed by atoms with van der Waals surface area (Å²) in [6.45, 7) is 3.18. The van der Waals surface area contributed by atoms with Crippen molar-refractivity contribution in [2.75, 3.05) is 18.1 Å². The predicted octanol–water partition coefficient (Wildman–Crippen LogP) is 2.44. The summed E-state index contributed by atoms with van der Waals surface area (Å²) >= 11 is 0. The predicted molar refractivity (Wildman–Crippen MR) is 93.6 cm³/mol. The molecule has 1 aliphatic heterocycles. The zero-order chi connectivity index (χ0) is 17.1. The quantitative estimate of drug-likeness (QED) is 0.639. The summed E-state index contributed by atoms with van der Waals surface area (Å²) in [7, 11) is 4.09. The van der Waals surface area contributed by atoms with Crippen molar-refractivity contribution in [1.82, 2.24) is 4.68 Å². The summed E-state index contributed by atoms with van der Waals surface area (Å²) in [5.74, 6) is 0.955. The van der Waals surface area contributed by atoms with Crippen LogP contribution in [0.3, 0.4) is 0 Å². The molecular formula is C19H26N3O2+. The lowest BCUT2D eigenvalue weighted by Crippen LogP contribution is -2.52. The van der Waals surface area contributed by atoms with Gasteiger partial charge in [-0.1, -0.05) is 30.3 Å². The minimum absolute atomic E-state index is 0.109. The van der Waals surface area contributed by atoms with E-state index in [4.69, 9.17) is 4.74 Å². The summed E-state index contributed by atoms with van der Waals surface area (Å²) in [6.07, 6.45) is 3.03. The highest BCUT2D eigenvalue weighted by Crippen LogP contribution is 2.27. The van der Waals surface area contributed by atoms with Crippen LogP contribution in [0.1, 0.15) is 26.2 Å². The van der Waals surface area contributed by atoms with Gasteiger partial charge in [-0.05, 0) is 26.2 Å². The molecule has 0 saturated carbocycles. The maximum atomic E-state index is 12.4. The van der Waals surface area contributed by atoms with Crippen LogP contribution in [0.5, 0.6) is 0 Å². The van der Waals surface area contributed by atoms with Crippen molar-refractivity contribution in [3.8, 4) is 11.3 Å². The number of hydrogen-bond donors (Lipinski definition) is 0. The topological polar surface area (TPSA) is 38.4 Å². The first kappa shape index (κ1) is 16.6. The highest BCUT2D eigenvalue weighted by atomic mass is 16.5. The molecule has 1 aromatic heterocycles. The molecule has 0 spiro atoms. The third-order valence-electron chi connectivity index (χ3n) is 4.82. The maximum Gasteiger partial charge on any atom is 0.351 e. The second-order valence-corrected chi connectivity index (χ2v) is 6.26. The number of esters is 1. The Labute approximate surface area is 143 Å². The minimum Gasteiger partial charge on any atom is -0.463 e. The van der Waals surface area contributed by atoms with E-state index in [1.165, 1.54) is 5.56 Å². The van der Waals surface area contributed by atoms with Crippen LogP contribution in [0.25, 0.3) is 11.3 Å². The Kier molecular flexibility index (Phi) is 4.88. The van der Waals surface area contributed by atoms with E-state index in [2.05, 4.69) is 39.5 Å². The molecule has 1 saturated heterocycles. The van der Waals surface area contributed by atoms with Gasteiger partial charge in [0.1, 0.15) is 7.05 Å². The first-order valence-corrected chi connectivity index (χ1v) is 8.68. The Morgan fingerprint density at radius 2 is 2.04 bits per heavy atom. The van der Waals surface area contributed by atoms with Gasteiger partial charge in [0.05, 0.1) is 24.9 Å². The van der Waals surface area contributed by atoms with E-state index < -0.39 is 0 Å². The molecule has 5 nitrogen and oxygen atoms in total. The molecule has 0 bridgehead atoms. The standard InChI is InChI=1S/C19H26N3O2/c1-4-24-19(23)16-12-8-9-13-22(16)18-14-17(20(2)21(18)3)15-10-6-5-7-11-15/h5-7,10-11,14,16H,4,8-9,12-13H2,1-3H3/q+1. The van der Waals surface area contributed by atoms with Crippen molar-refractivity contribution in [3.63, 3.8) is 0 Å². The van der Waals surface area contributed by atoms with Crippen LogP contribution in [-0.4, -0.2) is 29.8 Å². The molecule has 0 amide bonds. The molecule has 1 atom stereocenters. The summed E-state index contributed by atoms with van der Waals surface area (Å²) in [4.78, 5) is 14.6. The van der Waals surface area contributed by atoms with Crippen LogP contribution >= 0.6 is 0 Å². The second kappa shape index (κ2) is 7.07. The van der Waals surface area contributed by atoms with E-state index >= 15 is 0 Å². The van der Waals surface area contributed by atoms with Crippen molar-refractivity contribution in [2.24, 2.45) is 14.1 Å². The third kappa shape index (κ3) is 3.03. The van der Waals surface area contributed by atoms with Crippen molar-refractivity contribution >= 4 is 11.8 Å². The van der Waals surface area contributed by atoms with Gasteiger partial charge < -0.3 is 4.74 Å². The molecule has 0 aliphatic carbocycles. The molecule has 128 valence electrons. The van der Waals surface area contributed by atoms with Gasteiger partial charge in [-0.25, -0.2) is 14.4 Å². The SMILES string of the molecule is CCOC(=O)C1CCCCN1c1cc(-c2ccccc2)n(C)[n+]1C. The molecule has 1 aromatic carbocycles. The van der Waals surface area contributed by atoms with Crippen LogP contribution in [0, 0.1) is 0 Å². The van der Waals surface area contributed by atoms with E-state index in [0.29, 0.717) is 6.61 Å². The molecule has 0 N–H and O–H groups in total. The normalized spacial score (nSPS) is 17.8. The number of carbonyl (C=O) groups excluding carboxylic acids is 1. The number of hydrogen-bond acceptors (Lipinski definition) is 3. The maximum absolute atomic E-state index is 12.4. The monoisotopic (exact) mass is 328 g/mol. The lowest BCUT2D eigenvalue weighted by molar-refractivity contribution is -0.739. The van der Waals surface area contributed by atoms with Gasteiger partial charge in [0.15, 0.2) is 6.04 Å². The largest absolute Gasteiger partial charge is 0.463 e. The lowest BCUT2D eigenvalue weighted by atomic mass is 10.0. The van der Waals surface area contributed by atoms with Crippen LogP contribution in [0.2, 0.25) is 0 Å². The van der Waals surface area contributed by atoms with Gasteiger partial charge in [-0.15, -0.1) is 0 Å². The smallest absolute Gasteiger partial charge is 0.351 e. The molecule has 1 unspecified atom stereocenters. The van der Waals surface area contributed by atoms with Crippen molar-refractivity contribution in [3.05, 3.63) is 36.4 Å². The van der Waals surface area contributed by atoms with Gasteiger partial charge in [0.25, 0.3) is 5.82 Å². The molecule has 2 heterocycles. The van der Waals surface area contributed by atoms with Crippen LogP contribution in [0.15, 0.2) is 36.4 Å². The first-order valence-electron chi connectivity index (χ1n) is 8.68. The van der Waals surface area contributed by atoms with E-state index in [9.17, 15) is 4.79 Å². The molecule has 5 heteroatoms. The molecular weight excluding hydrogens is 302 g/mol. The third-order valence-corrected chi connectivity index (χ3v) is 4.82. The van der Waals surface area contributed by atoms with Crippen molar-refractivity contribution in [1.29, 1.82) is 0 Å². The summed E-state index contributed by atoms with van der Waals surface area (Å²) in [6, 6.07) is 12.3. The van der Waals surface area contributed by atoms with Crippen molar-refractivity contribution in [2.45, 2.75) is 32.2 Å². The van der Waals surface area contributed by atoms with E-state index in [1.807, 2.05) is 32.2 Å². The highest BCUT2D eigenvalue weighted by molar-refractivity contribution is 5.80. The summed E-state index contributed by atoms with van der Waals surface area (Å²) in [5.41, 5.74) is 2.31. The van der Waals surface area contributed by atoms with Gasteiger partial charge in [-0.2, -0.15) is 4.68 Å². The molecule has 0 radical (unpaired) electrons. The molecule has 24 heavy (non-hydrogen) atoms. The number of anilines is 1. The second-order valence-electron chi connectivity index (χ2n) is 6.26. The summed E-state index contributed by atoms with van der Waals surface area (Å²) < 4.78 is 9.54. The first-order chi connectivity index (χ1) is 11.6. The Morgan fingerprint density at radius 3 is 2.75 bits per heavy atom. The van der Waals surface area contributed by atoms with Gasteiger partial charge in [0, 0.05) is 12.6 Å². The van der Waals surface area contributed by atoms with E-state index in [0.717, 1.165) is 37.3 Å². The van der Waals surface area contributed by atoms with Gasteiger partial charge in [0.2, 0.25) is 0 Å². The van der Waals surface area contributed by atoms with E-state index in [1.54, 1.807) is 0 Å². The lowest BCUT2D eigenvalue weighted by Gasteiger charge is -2.28. The number of piperidine rings is 1.